The molecule has 2 aromatic rings. The summed E-state index contributed by atoms with van der Waals surface area (Å²) in [5.41, 5.74) is 7.84. The molecule has 0 radical (unpaired) electrons. The normalized spacial score (nSPS) is 12.6. The summed E-state index contributed by atoms with van der Waals surface area (Å²) in [5.74, 6) is -0.340. The van der Waals surface area contributed by atoms with Crippen molar-refractivity contribution >= 4 is 0 Å². The maximum absolute atomic E-state index is 12.7. The summed E-state index contributed by atoms with van der Waals surface area (Å²) < 4.78 is 14.5. The molecule has 0 spiro atoms. The van der Waals surface area contributed by atoms with Crippen molar-refractivity contribution in [1.29, 1.82) is 0 Å². The summed E-state index contributed by atoms with van der Waals surface area (Å²) in [6.07, 6.45) is 4.55. The lowest BCUT2D eigenvalue weighted by atomic mass is 10.1. The topological polar surface area (TPSA) is 56.7 Å². The summed E-state index contributed by atoms with van der Waals surface area (Å²) in [5, 5.41) is 4.09. The van der Waals surface area contributed by atoms with Crippen LogP contribution in [0.15, 0.2) is 30.6 Å². The van der Waals surface area contributed by atoms with E-state index in [0.717, 1.165) is 18.5 Å². The average Bonchev–Trinajstić information content (AvgIpc) is 2.73. The molecular formula is C12H15FN4. The van der Waals surface area contributed by atoms with Crippen molar-refractivity contribution in [3.63, 3.8) is 0 Å². The Balaban J connectivity index is 1.95. The molecule has 2 heterocycles. The molecule has 2 rings (SSSR count). The molecule has 17 heavy (non-hydrogen) atoms. The van der Waals surface area contributed by atoms with Gasteiger partial charge in [0.05, 0.1) is 11.9 Å². The second-order valence-electron chi connectivity index (χ2n) is 3.99. The minimum atomic E-state index is -0.340. The molecule has 0 aliphatic carbocycles. The Morgan fingerprint density at radius 3 is 2.82 bits per heavy atom. The first-order valence-corrected chi connectivity index (χ1v) is 5.50. The number of pyridine rings is 1. The van der Waals surface area contributed by atoms with Gasteiger partial charge in [-0.3, -0.25) is 9.67 Å². The quantitative estimate of drug-likeness (QED) is 0.874. The van der Waals surface area contributed by atoms with E-state index in [2.05, 4.69) is 10.1 Å². The van der Waals surface area contributed by atoms with Crippen LogP contribution in [0, 0.1) is 5.82 Å². The lowest BCUT2D eigenvalue weighted by Gasteiger charge is -2.10. The van der Waals surface area contributed by atoms with E-state index in [4.69, 9.17) is 5.73 Å². The molecule has 0 amide bonds. The number of hydrogen-bond donors (Lipinski definition) is 1. The third kappa shape index (κ3) is 2.88. The average molecular weight is 234 g/mol. The molecule has 0 aliphatic rings. The highest BCUT2D eigenvalue weighted by Crippen LogP contribution is 2.14. The van der Waals surface area contributed by atoms with Crippen LogP contribution in [0.5, 0.6) is 0 Å². The molecule has 0 fully saturated rings. The molecule has 0 aromatic carbocycles. The van der Waals surface area contributed by atoms with E-state index in [0.29, 0.717) is 5.69 Å². The third-order valence-electron chi connectivity index (χ3n) is 2.76. The third-order valence-corrected chi connectivity index (χ3v) is 2.76. The number of halogens is 1. The summed E-state index contributed by atoms with van der Waals surface area (Å²) in [7, 11) is 1.90. The van der Waals surface area contributed by atoms with Gasteiger partial charge in [-0.1, -0.05) is 0 Å². The number of nitrogens with two attached hydrogens (primary N) is 1. The fourth-order valence-corrected chi connectivity index (χ4v) is 1.70. The lowest BCUT2D eigenvalue weighted by molar-refractivity contribution is 0.588. The molecule has 0 saturated carbocycles. The van der Waals surface area contributed by atoms with E-state index in [1.165, 1.54) is 12.3 Å². The largest absolute Gasteiger partial charge is 0.323 e. The van der Waals surface area contributed by atoms with E-state index in [-0.39, 0.29) is 11.9 Å². The summed E-state index contributed by atoms with van der Waals surface area (Å²) in [4.78, 5) is 3.98. The van der Waals surface area contributed by atoms with Crippen LogP contribution < -0.4 is 5.73 Å². The predicted octanol–water partition coefficient (Wildman–Crippen LogP) is 1.59. The Morgan fingerprint density at radius 2 is 2.24 bits per heavy atom. The van der Waals surface area contributed by atoms with Gasteiger partial charge in [0.25, 0.3) is 0 Å². The van der Waals surface area contributed by atoms with Gasteiger partial charge >= 0.3 is 0 Å². The molecule has 2 N–H and O–H groups in total. The Bertz CT molecular complexity index is 478. The molecule has 5 heteroatoms. The minimum Gasteiger partial charge on any atom is -0.323 e. The second-order valence-corrected chi connectivity index (χ2v) is 3.99. The number of aryl methyl sites for hydroxylation is 2. The van der Waals surface area contributed by atoms with Crippen LogP contribution >= 0.6 is 0 Å². The molecule has 1 atom stereocenters. The molecule has 0 saturated heterocycles. The summed E-state index contributed by atoms with van der Waals surface area (Å²) in [6, 6.07) is 4.80. The fourth-order valence-electron chi connectivity index (χ4n) is 1.70. The molecule has 90 valence electrons. The van der Waals surface area contributed by atoms with Gasteiger partial charge in [-0.15, -0.1) is 0 Å². The van der Waals surface area contributed by atoms with Gasteiger partial charge in [-0.25, -0.2) is 4.39 Å². The van der Waals surface area contributed by atoms with E-state index < -0.39 is 0 Å². The van der Waals surface area contributed by atoms with Crippen LogP contribution in [0.25, 0.3) is 0 Å². The van der Waals surface area contributed by atoms with Gasteiger partial charge in [0.15, 0.2) is 0 Å². The van der Waals surface area contributed by atoms with Crippen molar-refractivity contribution in [2.75, 3.05) is 0 Å². The molecule has 0 aliphatic heterocycles. The zero-order chi connectivity index (χ0) is 12.3. The van der Waals surface area contributed by atoms with Crippen LogP contribution in [0.1, 0.15) is 23.9 Å². The summed E-state index contributed by atoms with van der Waals surface area (Å²) >= 11 is 0. The minimum absolute atomic E-state index is 0.175. The molecule has 1 unspecified atom stereocenters. The van der Waals surface area contributed by atoms with E-state index in [9.17, 15) is 4.39 Å². The SMILES string of the molecule is Cn1nccc1CCC(N)c1ccc(F)cn1. The number of aromatic nitrogens is 3. The molecule has 0 bridgehead atoms. The molecule has 2 aromatic heterocycles. The van der Waals surface area contributed by atoms with Gasteiger partial charge in [0, 0.05) is 25.0 Å². The van der Waals surface area contributed by atoms with Crippen LogP contribution in [0.3, 0.4) is 0 Å². The van der Waals surface area contributed by atoms with Crippen LogP contribution in [-0.4, -0.2) is 14.8 Å². The van der Waals surface area contributed by atoms with Gasteiger partial charge < -0.3 is 5.73 Å². The fraction of sp³-hybridized carbons (Fsp3) is 0.333. The van der Waals surface area contributed by atoms with Crippen LogP contribution in [0.4, 0.5) is 4.39 Å². The number of nitrogens with zero attached hydrogens (tertiary/aromatic N) is 3. The zero-order valence-electron chi connectivity index (χ0n) is 9.68. The lowest BCUT2D eigenvalue weighted by Crippen LogP contribution is -2.14. The van der Waals surface area contributed by atoms with Gasteiger partial charge in [-0.2, -0.15) is 5.10 Å². The zero-order valence-corrected chi connectivity index (χ0v) is 9.68. The Morgan fingerprint density at radius 1 is 1.41 bits per heavy atom. The van der Waals surface area contributed by atoms with Crippen molar-refractivity contribution < 1.29 is 4.39 Å². The van der Waals surface area contributed by atoms with Crippen molar-refractivity contribution in [2.24, 2.45) is 12.8 Å². The van der Waals surface area contributed by atoms with Crippen molar-refractivity contribution in [2.45, 2.75) is 18.9 Å². The highest BCUT2D eigenvalue weighted by Gasteiger charge is 2.09. The van der Waals surface area contributed by atoms with Crippen LogP contribution in [0.2, 0.25) is 0 Å². The van der Waals surface area contributed by atoms with E-state index >= 15 is 0 Å². The molecule has 4 nitrogen and oxygen atoms in total. The van der Waals surface area contributed by atoms with E-state index in [1.54, 1.807) is 12.3 Å². The standard InChI is InChI=1S/C12H15FN4/c1-17-10(6-7-16-17)3-4-11(14)12-5-2-9(13)8-15-12/h2,5-8,11H,3-4,14H2,1H3. The maximum Gasteiger partial charge on any atom is 0.141 e. The summed E-state index contributed by atoms with van der Waals surface area (Å²) in [6.45, 7) is 0. The van der Waals surface area contributed by atoms with Crippen LogP contribution in [-0.2, 0) is 13.5 Å². The monoisotopic (exact) mass is 234 g/mol. The van der Waals surface area contributed by atoms with Crippen molar-refractivity contribution in [3.8, 4) is 0 Å². The first-order chi connectivity index (χ1) is 8.16. The Labute approximate surface area is 99.3 Å². The Hall–Kier alpha value is -1.75. The first kappa shape index (κ1) is 11.7. The predicted molar refractivity (Wildman–Crippen MR) is 62.7 cm³/mol. The van der Waals surface area contributed by atoms with Gasteiger partial charge in [0.2, 0.25) is 0 Å². The van der Waals surface area contributed by atoms with E-state index in [1.807, 2.05) is 17.8 Å². The van der Waals surface area contributed by atoms with Gasteiger partial charge in [-0.05, 0) is 31.0 Å². The first-order valence-electron chi connectivity index (χ1n) is 5.50. The maximum atomic E-state index is 12.7. The van der Waals surface area contributed by atoms with Crippen molar-refractivity contribution in [3.05, 3.63) is 47.8 Å². The molecular weight excluding hydrogens is 219 g/mol. The highest BCUT2D eigenvalue weighted by atomic mass is 19.1. The second kappa shape index (κ2) is 5.05. The Kier molecular flexibility index (Phi) is 3.49. The smallest absolute Gasteiger partial charge is 0.141 e. The highest BCUT2D eigenvalue weighted by molar-refractivity contribution is 5.10. The van der Waals surface area contributed by atoms with Crippen molar-refractivity contribution in [1.82, 2.24) is 14.8 Å². The van der Waals surface area contributed by atoms with Gasteiger partial charge in [0.1, 0.15) is 5.82 Å². The number of hydrogen-bond acceptors (Lipinski definition) is 3. The number of rotatable bonds is 4.